The number of anilines is 1. The van der Waals surface area contributed by atoms with Crippen LogP contribution in [-0.4, -0.2) is 14.6 Å². The number of fused-ring (bicyclic) bond motifs is 1. The van der Waals surface area contributed by atoms with Gasteiger partial charge in [0, 0.05) is 11.8 Å². The molecule has 0 aliphatic carbocycles. The number of halogens is 1. The molecule has 3 rings (SSSR count). The Morgan fingerprint density at radius 3 is 2.65 bits per heavy atom. The third kappa shape index (κ3) is 1.62. The molecule has 0 aliphatic rings. The van der Waals surface area contributed by atoms with Gasteiger partial charge in [-0.2, -0.15) is 0 Å². The van der Waals surface area contributed by atoms with E-state index in [-0.39, 0.29) is 0 Å². The number of nitrogen functional groups attached to an aromatic ring is 1. The normalized spacial score (nSPS) is 10.9. The minimum Gasteiger partial charge on any atom is -0.396 e. The summed E-state index contributed by atoms with van der Waals surface area (Å²) in [5, 5.41) is 8.77. The van der Waals surface area contributed by atoms with Crippen LogP contribution in [0.4, 0.5) is 5.69 Å². The largest absolute Gasteiger partial charge is 0.396 e. The molecule has 1 aromatic carbocycles. The predicted octanol–water partition coefficient (Wildman–Crippen LogP) is 2.63. The van der Waals surface area contributed by atoms with Crippen LogP contribution in [-0.2, 0) is 0 Å². The Morgan fingerprint density at radius 2 is 1.88 bits per heavy atom. The van der Waals surface area contributed by atoms with Crippen LogP contribution in [0.15, 0.2) is 42.6 Å². The van der Waals surface area contributed by atoms with Crippen molar-refractivity contribution < 1.29 is 0 Å². The fraction of sp³-hybridized carbons (Fsp3) is 0. The topological polar surface area (TPSA) is 56.2 Å². The maximum absolute atomic E-state index is 5.98. The molecular weight excluding hydrogens is 236 g/mol. The van der Waals surface area contributed by atoms with Crippen molar-refractivity contribution in [3.8, 4) is 11.4 Å². The molecule has 0 aliphatic heterocycles. The fourth-order valence-electron chi connectivity index (χ4n) is 1.77. The molecular formula is C12H9ClN4. The van der Waals surface area contributed by atoms with E-state index >= 15 is 0 Å². The second kappa shape index (κ2) is 3.75. The number of nitrogens with two attached hydrogens (primary N) is 1. The zero-order valence-corrected chi connectivity index (χ0v) is 9.59. The van der Waals surface area contributed by atoms with Crippen molar-refractivity contribution in [1.82, 2.24) is 14.6 Å². The SMILES string of the molecule is Nc1cc(Cl)cn2c(-c3ccccc3)nnc12. The summed E-state index contributed by atoms with van der Waals surface area (Å²) in [6, 6.07) is 11.4. The van der Waals surface area contributed by atoms with Crippen LogP contribution < -0.4 is 5.73 Å². The highest BCUT2D eigenvalue weighted by atomic mass is 35.5. The summed E-state index contributed by atoms with van der Waals surface area (Å²) in [7, 11) is 0. The highest BCUT2D eigenvalue weighted by molar-refractivity contribution is 6.30. The van der Waals surface area contributed by atoms with Crippen LogP contribution in [0.2, 0.25) is 5.02 Å². The zero-order chi connectivity index (χ0) is 11.8. The lowest BCUT2D eigenvalue weighted by Gasteiger charge is -2.02. The van der Waals surface area contributed by atoms with Crippen molar-refractivity contribution in [3.05, 3.63) is 47.6 Å². The Hall–Kier alpha value is -2.07. The third-order valence-electron chi connectivity index (χ3n) is 2.53. The first-order valence-electron chi connectivity index (χ1n) is 5.11. The first-order valence-corrected chi connectivity index (χ1v) is 5.48. The molecule has 2 aromatic heterocycles. The van der Waals surface area contributed by atoms with Crippen molar-refractivity contribution in [2.45, 2.75) is 0 Å². The summed E-state index contributed by atoms with van der Waals surface area (Å²) >= 11 is 5.98. The Bertz CT molecular complexity index is 676. The average Bonchev–Trinajstić information content (AvgIpc) is 2.74. The zero-order valence-electron chi connectivity index (χ0n) is 8.84. The minimum atomic E-state index is 0.521. The molecule has 3 aromatic rings. The van der Waals surface area contributed by atoms with E-state index in [4.69, 9.17) is 17.3 Å². The maximum Gasteiger partial charge on any atom is 0.184 e. The first kappa shape index (κ1) is 10.1. The van der Waals surface area contributed by atoms with Gasteiger partial charge >= 0.3 is 0 Å². The molecule has 0 spiro atoms. The number of hydrogen-bond acceptors (Lipinski definition) is 3. The van der Waals surface area contributed by atoms with Crippen molar-refractivity contribution in [1.29, 1.82) is 0 Å². The van der Waals surface area contributed by atoms with E-state index in [0.717, 1.165) is 11.4 Å². The number of aromatic nitrogens is 3. The highest BCUT2D eigenvalue weighted by Crippen LogP contribution is 2.23. The molecule has 4 nitrogen and oxygen atoms in total. The lowest BCUT2D eigenvalue weighted by molar-refractivity contribution is 1.11. The van der Waals surface area contributed by atoms with Crippen molar-refractivity contribution in [2.24, 2.45) is 0 Å². The molecule has 84 valence electrons. The van der Waals surface area contributed by atoms with Crippen LogP contribution in [0.3, 0.4) is 0 Å². The van der Waals surface area contributed by atoms with Gasteiger partial charge in [-0.1, -0.05) is 41.9 Å². The number of hydrogen-bond donors (Lipinski definition) is 1. The minimum absolute atomic E-state index is 0.521. The lowest BCUT2D eigenvalue weighted by Crippen LogP contribution is -1.94. The fourth-order valence-corrected chi connectivity index (χ4v) is 1.98. The van der Waals surface area contributed by atoms with Gasteiger partial charge < -0.3 is 5.73 Å². The summed E-state index contributed by atoms with van der Waals surface area (Å²) in [6.07, 6.45) is 1.76. The Labute approximate surface area is 103 Å². The van der Waals surface area contributed by atoms with E-state index in [0.29, 0.717) is 16.4 Å². The number of benzene rings is 1. The number of pyridine rings is 1. The van der Waals surface area contributed by atoms with Gasteiger partial charge in [0.25, 0.3) is 0 Å². The summed E-state index contributed by atoms with van der Waals surface area (Å²) < 4.78 is 1.80. The monoisotopic (exact) mass is 244 g/mol. The van der Waals surface area contributed by atoms with Gasteiger partial charge in [-0.05, 0) is 6.07 Å². The third-order valence-corrected chi connectivity index (χ3v) is 2.74. The molecule has 5 heteroatoms. The van der Waals surface area contributed by atoms with Crippen LogP contribution in [0.25, 0.3) is 17.0 Å². The summed E-state index contributed by atoms with van der Waals surface area (Å²) in [4.78, 5) is 0. The summed E-state index contributed by atoms with van der Waals surface area (Å²) in [6.45, 7) is 0. The molecule has 17 heavy (non-hydrogen) atoms. The van der Waals surface area contributed by atoms with E-state index < -0.39 is 0 Å². The maximum atomic E-state index is 5.98. The molecule has 0 saturated heterocycles. The quantitative estimate of drug-likeness (QED) is 0.716. The van der Waals surface area contributed by atoms with Crippen LogP contribution in [0.5, 0.6) is 0 Å². The molecule has 0 atom stereocenters. The molecule has 0 amide bonds. The highest BCUT2D eigenvalue weighted by Gasteiger charge is 2.10. The summed E-state index contributed by atoms with van der Waals surface area (Å²) in [5.41, 5.74) is 7.95. The molecule has 2 heterocycles. The van der Waals surface area contributed by atoms with Gasteiger partial charge in [0.05, 0.1) is 10.7 Å². The first-order chi connectivity index (χ1) is 8.25. The van der Waals surface area contributed by atoms with Gasteiger partial charge in [0.2, 0.25) is 0 Å². The number of nitrogens with zero attached hydrogens (tertiary/aromatic N) is 3. The van der Waals surface area contributed by atoms with Crippen LogP contribution in [0, 0.1) is 0 Å². The van der Waals surface area contributed by atoms with Crippen molar-refractivity contribution >= 4 is 22.9 Å². The molecule has 0 bridgehead atoms. The van der Waals surface area contributed by atoms with Crippen molar-refractivity contribution in [2.75, 3.05) is 5.73 Å². The Kier molecular flexibility index (Phi) is 2.23. The standard InChI is InChI=1S/C12H9ClN4/c13-9-6-10(14)12-16-15-11(17(12)7-9)8-4-2-1-3-5-8/h1-7H,14H2. The Balaban J connectivity index is 2.32. The average molecular weight is 245 g/mol. The predicted molar refractivity (Wildman–Crippen MR) is 67.8 cm³/mol. The van der Waals surface area contributed by atoms with Crippen LogP contribution in [0.1, 0.15) is 0 Å². The van der Waals surface area contributed by atoms with E-state index in [9.17, 15) is 0 Å². The molecule has 0 radical (unpaired) electrons. The smallest absolute Gasteiger partial charge is 0.184 e. The Morgan fingerprint density at radius 1 is 1.12 bits per heavy atom. The molecule has 0 saturated carbocycles. The second-order valence-electron chi connectivity index (χ2n) is 3.70. The van der Waals surface area contributed by atoms with E-state index in [2.05, 4.69) is 10.2 Å². The summed E-state index contributed by atoms with van der Waals surface area (Å²) in [5.74, 6) is 0.731. The lowest BCUT2D eigenvalue weighted by atomic mass is 10.2. The molecule has 2 N–H and O–H groups in total. The van der Waals surface area contributed by atoms with Gasteiger partial charge in [0.1, 0.15) is 0 Å². The van der Waals surface area contributed by atoms with Gasteiger partial charge in [-0.15, -0.1) is 10.2 Å². The van der Waals surface area contributed by atoms with Gasteiger partial charge in [-0.3, -0.25) is 4.40 Å². The van der Waals surface area contributed by atoms with Crippen molar-refractivity contribution in [3.63, 3.8) is 0 Å². The van der Waals surface area contributed by atoms with E-state index in [1.165, 1.54) is 0 Å². The second-order valence-corrected chi connectivity index (χ2v) is 4.13. The number of rotatable bonds is 1. The van der Waals surface area contributed by atoms with Crippen LogP contribution >= 0.6 is 11.6 Å². The van der Waals surface area contributed by atoms with Gasteiger partial charge in [0.15, 0.2) is 11.5 Å². The molecule has 0 fully saturated rings. The van der Waals surface area contributed by atoms with E-state index in [1.54, 1.807) is 16.7 Å². The van der Waals surface area contributed by atoms with Gasteiger partial charge in [-0.25, -0.2) is 0 Å². The molecule has 0 unspecified atom stereocenters. The van der Waals surface area contributed by atoms with E-state index in [1.807, 2.05) is 30.3 Å².